The standard InChI is InChI=1S/C18H25N3O2/c1-19-18(23)21-17(22)16(15-10-6-3-7-11-15)20-13-12-14-8-4-2-5-9-14/h3,6-8,10-11,16,20H,2,4-5,9,12-13H2,1H3,(H2,19,21,22,23)/t16-/m0/s1. The summed E-state index contributed by atoms with van der Waals surface area (Å²) in [5.74, 6) is -0.340. The summed E-state index contributed by atoms with van der Waals surface area (Å²) >= 11 is 0. The van der Waals surface area contributed by atoms with Crippen LogP contribution >= 0.6 is 0 Å². The second-order valence-corrected chi connectivity index (χ2v) is 5.72. The molecule has 0 spiro atoms. The van der Waals surface area contributed by atoms with Crippen LogP contribution in [0.3, 0.4) is 0 Å². The maximum Gasteiger partial charge on any atom is 0.321 e. The highest BCUT2D eigenvalue weighted by Gasteiger charge is 2.21. The quantitative estimate of drug-likeness (QED) is 0.707. The molecule has 1 aliphatic rings. The third-order valence-electron chi connectivity index (χ3n) is 4.04. The minimum atomic E-state index is -0.530. The Morgan fingerprint density at radius 3 is 2.61 bits per heavy atom. The summed E-state index contributed by atoms with van der Waals surface area (Å²) in [5, 5.41) is 8.03. The minimum Gasteiger partial charge on any atom is -0.341 e. The Kier molecular flexibility index (Phi) is 6.81. The molecule has 0 heterocycles. The topological polar surface area (TPSA) is 70.2 Å². The lowest BCUT2D eigenvalue weighted by Gasteiger charge is -2.19. The molecule has 0 unspecified atom stereocenters. The Labute approximate surface area is 137 Å². The number of nitrogens with one attached hydrogen (secondary N) is 3. The number of imide groups is 1. The lowest BCUT2D eigenvalue weighted by molar-refractivity contribution is -0.122. The zero-order valence-electron chi connectivity index (χ0n) is 13.6. The highest BCUT2D eigenvalue weighted by Crippen LogP contribution is 2.20. The smallest absolute Gasteiger partial charge is 0.321 e. The van der Waals surface area contributed by atoms with E-state index in [1.165, 1.54) is 25.5 Å². The highest BCUT2D eigenvalue weighted by atomic mass is 16.2. The van der Waals surface area contributed by atoms with E-state index in [0.717, 1.165) is 24.8 Å². The fourth-order valence-corrected chi connectivity index (χ4v) is 2.76. The molecule has 3 amide bonds. The number of carbonyl (C=O) groups is 2. The maximum atomic E-state index is 12.3. The predicted molar refractivity (Wildman–Crippen MR) is 91.0 cm³/mol. The number of allylic oxidation sites excluding steroid dienone is 1. The van der Waals surface area contributed by atoms with Crippen molar-refractivity contribution in [2.24, 2.45) is 0 Å². The molecular formula is C18H25N3O2. The summed E-state index contributed by atoms with van der Waals surface area (Å²) in [6.07, 6.45) is 8.10. The number of hydrogen-bond donors (Lipinski definition) is 3. The molecule has 0 fully saturated rings. The van der Waals surface area contributed by atoms with E-state index in [-0.39, 0.29) is 5.91 Å². The molecule has 0 saturated heterocycles. The molecule has 2 rings (SSSR count). The van der Waals surface area contributed by atoms with E-state index < -0.39 is 12.1 Å². The fraction of sp³-hybridized carbons (Fsp3) is 0.444. The SMILES string of the molecule is CNC(=O)NC(=O)[C@@H](NCCC1=CCCCC1)c1ccccc1. The van der Waals surface area contributed by atoms with Crippen molar-refractivity contribution in [1.29, 1.82) is 0 Å². The highest BCUT2D eigenvalue weighted by molar-refractivity contribution is 5.97. The molecule has 0 aliphatic heterocycles. The molecule has 124 valence electrons. The number of carbonyl (C=O) groups excluding carboxylic acids is 2. The minimum absolute atomic E-state index is 0.340. The largest absolute Gasteiger partial charge is 0.341 e. The Bertz CT molecular complexity index is 555. The maximum absolute atomic E-state index is 12.3. The molecule has 0 radical (unpaired) electrons. The monoisotopic (exact) mass is 315 g/mol. The second kappa shape index (κ2) is 9.10. The van der Waals surface area contributed by atoms with Crippen LogP contribution in [0.5, 0.6) is 0 Å². The lowest BCUT2D eigenvalue weighted by atomic mass is 9.97. The van der Waals surface area contributed by atoms with Crippen molar-refractivity contribution in [2.75, 3.05) is 13.6 Å². The molecule has 5 heteroatoms. The molecule has 1 atom stereocenters. The Hall–Kier alpha value is -2.14. The zero-order valence-corrected chi connectivity index (χ0v) is 13.6. The zero-order chi connectivity index (χ0) is 16.5. The van der Waals surface area contributed by atoms with Gasteiger partial charge in [-0.1, -0.05) is 42.0 Å². The predicted octanol–water partition coefficient (Wildman–Crippen LogP) is 2.66. The van der Waals surface area contributed by atoms with Crippen molar-refractivity contribution < 1.29 is 9.59 Å². The van der Waals surface area contributed by atoms with Gasteiger partial charge < -0.3 is 10.6 Å². The first kappa shape index (κ1) is 17.2. The molecule has 5 nitrogen and oxygen atoms in total. The first-order chi connectivity index (χ1) is 11.2. The lowest BCUT2D eigenvalue weighted by Crippen LogP contribution is -2.44. The van der Waals surface area contributed by atoms with Gasteiger partial charge in [-0.25, -0.2) is 4.79 Å². The summed E-state index contributed by atoms with van der Waals surface area (Å²) in [6.45, 7) is 0.715. The van der Waals surface area contributed by atoms with Crippen LogP contribution in [0.1, 0.15) is 43.7 Å². The van der Waals surface area contributed by atoms with Crippen LogP contribution in [0.25, 0.3) is 0 Å². The van der Waals surface area contributed by atoms with Gasteiger partial charge in [-0.15, -0.1) is 0 Å². The van der Waals surface area contributed by atoms with E-state index >= 15 is 0 Å². The van der Waals surface area contributed by atoms with Crippen LogP contribution in [0.4, 0.5) is 4.79 Å². The summed E-state index contributed by atoms with van der Waals surface area (Å²) < 4.78 is 0. The van der Waals surface area contributed by atoms with E-state index in [0.29, 0.717) is 6.54 Å². The summed E-state index contributed by atoms with van der Waals surface area (Å²) in [5.41, 5.74) is 2.31. The number of urea groups is 1. The van der Waals surface area contributed by atoms with Gasteiger partial charge >= 0.3 is 6.03 Å². The third-order valence-corrected chi connectivity index (χ3v) is 4.04. The van der Waals surface area contributed by atoms with E-state index in [4.69, 9.17) is 0 Å². The van der Waals surface area contributed by atoms with Gasteiger partial charge in [0.25, 0.3) is 0 Å². The fourth-order valence-electron chi connectivity index (χ4n) is 2.76. The Balaban J connectivity index is 1.97. The molecule has 0 bridgehead atoms. The molecule has 0 saturated carbocycles. The van der Waals surface area contributed by atoms with Crippen LogP contribution in [0, 0.1) is 0 Å². The van der Waals surface area contributed by atoms with Crippen molar-refractivity contribution in [3.63, 3.8) is 0 Å². The van der Waals surface area contributed by atoms with Gasteiger partial charge in [-0.2, -0.15) is 0 Å². The molecule has 23 heavy (non-hydrogen) atoms. The van der Waals surface area contributed by atoms with Gasteiger partial charge in [0.05, 0.1) is 0 Å². The summed E-state index contributed by atoms with van der Waals surface area (Å²) in [6, 6.07) is 8.44. The van der Waals surface area contributed by atoms with E-state index in [9.17, 15) is 9.59 Å². The van der Waals surface area contributed by atoms with Crippen LogP contribution in [0.2, 0.25) is 0 Å². The molecule has 1 aromatic carbocycles. The summed E-state index contributed by atoms with van der Waals surface area (Å²) in [4.78, 5) is 23.7. The van der Waals surface area contributed by atoms with Crippen molar-refractivity contribution >= 4 is 11.9 Å². The van der Waals surface area contributed by atoms with Gasteiger partial charge in [0, 0.05) is 7.05 Å². The van der Waals surface area contributed by atoms with Crippen LogP contribution in [-0.4, -0.2) is 25.5 Å². The van der Waals surface area contributed by atoms with Crippen LogP contribution in [-0.2, 0) is 4.79 Å². The average molecular weight is 315 g/mol. The van der Waals surface area contributed by atoms with Crippen LogP contribution in [0.15, 0.2) is 42.0 Å². The molecule has 1 aliphatic carbocycles. The van der Waals surface area contributed by atoms with Gasteiger partial charge in [-0.3, -0.25) is 10.1 Å². The van der Waals surface area contributed by atoms with E-state index in [2.05, 4.69) is 22.0 Å². The van der Waals surface area contributed by atoms with Crippen molar-refractivity contribution in [1.82, 2.24) is 16.0 Å². The van der Waals surface area contributed by atoms with Gasteiger partial charge in [-0.05, 0) is 44.2 Å². The molecule has 1 aromatic rings. The second-order valence-electron chi connectivity index (χ2n) is 5.72. The van der Waals surface area contributed by atoms with Gasteiger partial charge in [0.1, 0.15) is 6.04 Å². The number of hydrogen-bond acceptors (Lipinski definition) is 3. The van der Waals surface area contributed by atoms with Crippen molar-refractivity contribution in [2.45, 2.75) is 38.1 Å². The molecule has 3 N–H and O–H groups in total. The number of benzene rings is 1. The van der Waals surface area contributed by atoms with E-state index in [1.807, 2.05) is 30.3 Å². The van der Waals surface area contributed by atoms with Crippen molar-refractivity contribution in [3.8, 4) is 0 Å². The first-order valence-corrected chi connectivity index (χ1v) is 8.19. The Morgan fingerprint density at radius 2 is 1.96 bits per heavy atom. The average Bonchev–Trinajstić information content (AvgIpc) is 2.60. The molecular weight excluding hydrogens is 290 g/mol. The van der Waals surface area contributed by atoms with Crippen molar-refractivity contribution in [3.05, 3.63) is 47.5 Å². The van der Waals surface area contributed by atoms with Gasteiger partial charge in [0.2, 0.25) is 5.91 Å². The van der Waals surface area contributed by atoms with Gasteiger partial charge in [0.15, 0.2) is 0 Å². The number of amides is 3. The Morgan fingerprint density at radius 1 is 1.17 bits per heavy atom. The molecule has 0 aromatic heterocycles. The third kappa shape index (κ3) is 5.53. The normalized spacial score (nSPS) is 15.4. The van der Waals surface area contributed by atoms with E-state index in [1.54, 1.807) is 0 Å². The first-order valence-electron chi connectivity index (χ1n) is 8.19. The summed E-state index contributed by atoms with van der Waals surface area (Å²) in [7, 11) is 1.49. The number of rotatable bonds is 6. The van der Waals surface area contributed by atoms with Crippen LogP contribution < -0.4 is 16.0 Å².